The second kappa shape index (κ2) is 14.7. The van der Waals surface area contributed by atoms with Crippen molar-refractivity contribution in [2.75, 3.05) is 45.4 Å². The highest BCUT2D eigenvalue weighted by atomic mass is 16.5. The number of pyridine rings is 1. The highest BCUT2D eigenvalue weighted by Crippen LogP contribution is 2.30. The second-order valence-corrected chi connectivity index (χ2v) is 8.33. The lowest BCUT2D eigenvalue weighted by Gasteiger charge is -2.27. The minimum absolute atomic E-state index is 0.0232. The van der Waals surface area contributed by atoms with Gasteiger partial charge in [0.1, 0.15) is 11.5 Å². The van der Waals surface area contributed by atoms with Crippen LogP contribution in [0.5, 0.6) is 11.5 Å². The van der Waals surface area contributed by atoms with Crippen molar-refractivity contribution >= 4 is 30.1 Å². The lowest BCUT2D eigenvalue weighted by Crippen LogP contribution is -2.35. The van der Waals surface area contributed by atoms with Crippen LogP contribution in [0.15, 0.2) is 53.4 Å². The summed E-state index contributed by atoms with van der Waals surface area (Å²) >= 11 is 0. The van der Waals surface area contributed by atoms with Gasteiger partial charge >= 0.3 is 0 Å². The highest BCUT2D eigenvalue weighted by Gasteiger charge is 2.14. The zero-order chi connectivity index (χ0) is 26.5. The van der Waals surface area contributed by atoms with Crippen LogP contribution in [-0.4, -0.2) is 62.8 Å². The number of allylic oxidation sites excluding steroid dienone is 3. The summed E-state index contributed by atoms with van der Waals surface area (Å²) in [6.07, 6.45) is 8.95. The van der Waals surface area contributed by atoms with Gasteiger partial charge in [-0.05, 0) is 19.1 Å². The Balaban J connectivity index is 2.58. The standard InChI is InChI=1S/C28H39N5O3/c1-7-25(13-22-12-23(19-32-21(22)4)24(17-29)18-30-9-11-34)33(10-8-31-20(2)3)26-14-27(35-5)16-28(15-26)36-6/h7,12-20,31,34H,4,8-11,29H2,1-3,5-6H3/b22-13-,24-17?,25-7+,30-18?. The number of benzene rings is 1. The van der Waals surface area contributed by atoms with E-state index in [1.54, 1.807) is 26.6 Å². The van der Waals surface area contributed by atoms with Crippen molar-refractivity contribution in [3.63, 3.8) is 0 Å². The molecule has 0 fully saturated rings. The summed E-state index contributed by atoms with van der Waals surface area (Å²) in [5, 5.41) is 14.0. The number of hydrogen-bond acceptors (Lipinski definition) is 8. The quantitative estimate of drug-likeness (QED) is 0.367. The fourth-order valence-electron chi connectivity index (χ4n) is 3.52. The molecular weight excluding hydrogens is 454 g/mol. The minimum atomic E-state index is -0.0232. The number of aliphatic hydroxyl groups excluding tert-OH is 1. The third-order valence-corrected chi connectivity index (χ3v) is 5.42. The molecule has 0 aliphatic heterocycles. The summed E-state index contributed by atoms with van der Waals surface area (Å²) in [7, 11) is 3.29. The third-order valence-electron chi connectivity index (χ3n) is 5.42. The average molecular weight is 494 g/mol. The molecule has 0 spiro atoms. The molecule has 0 saturated carbocycles. The number of rotatable bonds is 13. The lowest BCUT2D eigenvalue weighted by molar-refractivity contribution is 0.307. The number of aliphatic hydroxyl groups is 1. The molecule has 2 aromatic rings. The number of ether oxygens (including phenoxy) is 2. The van der Waals surface area contributed by atoms with Gasteiger partial charge in [-0.25, -0.2) is 0 Å². The van der Waals surface area contributed by atoms with Gasteiger partial charge in [-0.3, -0.25) is 9.98 Å². The van der Waals surface area contributed by atoms with E-state index >= 15 is 0 Å². The molecule has 0 radical (unpaired) electrons. The molecule has 8 nitrogen and oxygen atoms in total. The van der Waals surface area contributed by atoms with Crippen LogP contribution < -0.4 is 36.0 Å². The first-order valence-electron chi connectivity index (χ1n) is 12.0. The molecule has 0 atom stereocenters. The van der Waals surface area contributed by atoms with Crippen molar-refractivity contribution in [1.29, 1.82) is 0 Å². The Hall–Kier alpha value is -3.62. The molecular formula is C28H39N5O3. The van der Waals surface area contributed by atoms with E-state index in [1.165, 1.54) is 6.20 Å². The van der Waals surface area contributed by atoms with E-state index in [-0.39, 0.29) is 6.61 Å². The van der Waals surface area contributed by atoms with Gasteiger partial charge in [-0.2, -0.15) is 0 Å². The highest BCUT2D eigenvalue weighted by molar-refractivity contribution is 6.09. The fourth-order valence-corrected chi connectivity index (χ4v) is 3.52. The Morgan fingerprint density at radius 3 is 2.47 bits per heavy atom. The molecule has 2 rings (SSSR count). The van der Waals surface area contributed by atoms with Gasteiger partial charge in [0.2, 0.25) is 0 Å². The maximum absolute atomic E-state index is 9.01. The molecule has 0 aliphatic carbocycles. The SMILES string of the molecule is C=c1ncc(C(C=NCCO)=CN)c/c1=C/C(=C\C)N(CCNC(C)C)c1cc(OC)cc(OC)c1. The molecule has 1 heterocycles. The number of anilines is 1. The Morgan fingerprint density at radius 2 is 1.92 bits per heavy atom. The zero-order valence-corrected chi connectivity index (χ0v) is 22.0. The number of methoxy groups -OCH3 is 2. The first-order chi connectivity index (χ1) is 17.4. The van der Waals surface area contributed by atoms with Gasteiger partial charge in [0.15, 0.2) is 0 Å². The van der Waals surface area contributed by atoms with E-state index in [1.807, 2.05) is 31.2 Å². The van der Waals surface area contributed by atoms with Crippen molar-refractivity contribution in [3.8, 4) is 11.5 Å². The number of nitrogens with two attached hydrogens (primary N) is 1. The van der Waals surface area contributed by atoms with E-state index in [9.17, 15) is 0 Å². The van der Waals surface area contributed by atoms with Gasteiger partial charge in [0.05, 0.1) is 32.7 Å². The van der Waals surface area contributed by atoms with E-state index in [2.05, 4.69) is 52.8 Å². The second-order valence-electron chi connectivity index (χ2n) is 8.33. The van der Waals surface area contributed by atoms with Crippen LogP contribution in [0.3, 0.4) is 0 Å². The predicted octanol–water partition coefficient (Wildman–Crippen LogP) is 2.06. The summed E-state index contributed by atoms with van der Waals surface area (Å²) < 4.78 is 11.0. The third kappa shape index (κ3) is 8.25. The topological polar surface area (TPSA) is 105 Å². The predicted molar refractivity (Wildman–Crippen MR) is 150 cm³/mol. The summed E-state index contributed by atoms with van der Waals surface area (Å²) in [5.74, 6) is 1.42. The van der Waals surface area contributed by atoms with E-state index < -0.39 is 0 Å². The normalized spacial score (nSPS) is 13.0. The van der Waals surface area contributed by atoms with E-state index in [0.717, 1.165) is 28.7 Å². The van der Waals surface area contributed by atoms with Crippen molar-refractivity contribution in [2.45, 2.75) is 26.8 Å². The average Bonchev–Trinajstić information content (AvgIpc) is 2.88. The zero-order valence-electron chi connectivity index (χ0n) is 22.0. The number of nitrogens with zero attached hydrogens (tertiary/aromatic N) is 3. The summed E-state index contributed by atoms with van der Waals surface area (Å²) in [6, 6.07) is 8.18. The number of nitrogens with one attached hydrogen (secondary N) is 1. The van der Waals surface area contributed by atoms with Crippen molar-refractivity contribution < 1.29 is 14.6 Å². The largest absolute Gasteiger partial charge is 0.497 e. The van der Waals surface area contributed by atoms with Crippen LogP contribution in [0.1, 0.15) is 26.3 Å². The van der Waals surface area contributed by atoms with Crippen molar-refractivity contribution in [2.24, 2.45) is 10.7 Å². The molecule has 194 valence electrons. The number of hydrogen-bond donors (Lipinski definition) is 3. The van der Waals surface area contributed by atoms with Crippen LogP contribution in [0.25, 0.3) is 18.2 Å². The maximum Gasteiger partial charge on any atom is 0.124 e. The Morgan fingerprint density at radius 1 is 1.22 bits per heavy atom. The Labute approximate surface area is 214 Å². The molecule has 36 heavy (non-hydrogen) atoms. The summed E-state index contributed by atoms with van der Waals surface area (Å²) in [4.78, 5) is 10.9. The molecule has 0 bridgehead atoms. The van der Waals surface area contributed by atoms with E-state index in [4.69, 9.17) is 20.3 Å². The van der Waals surface area contributed by atoms with Crippen LogP contribution in [0, 0.1) is 0 Å². The van der Waals surface area contributed by atoms with Crippen LogP contribution in [-0.2, 0) is 0 Å². The Kier molecular flexibility index (Phi) is 11.7. The van der Waals surface area contributed by atoms with Gasteiger partial charge in [-0.1, -0.05) is 26.5 Å². The van der Waals surface area contributed by atoms with Crippen LogP contribution in [0.4, 0.5) is 5.69 Å². The maximum atomic E-state index is 9.01. The first-order valence-corrected chi connectivity index (χ1v) is 12.0. The Bertz CT molecular complexity index is 1170. The fraction of sp³-hybridized carbons (Fsp3) is 0.357. The summed E-state index contributed by atoms with van der Waals surface area (Å²) in [6.45, 7) is 12.2. The van der Waals surface area contributed by atoms with Crippen molar-refractivity contribution in [1.82, 2.24) is 10.3 Å². The van der Waals surface area contributed by atoms with Crippen LogP contribution in [0.2, 0.25) is 0 Å². The van der Waals surface area contributed by atoms with Gasteiger partial charge in [0, 0.05) is 83.7 Å². The summed E-state index contributed by atoms with van der Waals surface area (Å²) in [5.41, 5.74) is 9.27. The first kappa shape index (κ1) is 28.6. The van der Waals surface area contributed by atoms with Gasteiger partial charge in [-0.15, -0.1) is 0 Å². The van der Waals surface area contributed by atoms with Gasteiger partial charge < -0.3 is 30.5 Å². The number of aliphatic imine (C=N–C) groups is 1. The molecule has 1 aromatic heterocycles. The molecule has 0 amide bonds. The molecule has 4 N–H and O–H groups in total. The lowest BCUT2D eigenvalue weighted by atomic mass is 10.1. The molecule has 0 aliphatic rings. The molecule has 0 saturated heterocycles. The van der Waals surface area contributed by atoms with Gasteiger partial charge in [0.25, 0.3) is 0 Å². The monoisotopic (exact) mass is 493 g/mol. The number of aromatic nitrogens is 1. The molecule has 8 heteroatoms. The van der Waals surface area contributed by atoms with Crippen LogP contribution >= 0.6 is 0 Å². The van der Waals surface area contributed by atoms with E-state index in [0.29, 0.717) is 41.6 Å². The smallest absolute Gasteiger partial charge is 0.124 e. The van der Waals surface area contributed by atoms with Crippen molar-refractivity contribution in [3.05, 3.63) is 64.6 Å². The molecule has 0 unspecified atom stereocenters. The minimum Gasteiger partial charge on any atom is -0.497 e. The molecule has 1 aromatic carbocycles.